The summed E-state index contributed by atoms with van der Waals surface area (Å²) in [5, 5.41) is 12.0. The summed E-state index contributed by atoms with van der Waals surface area (Å²) < 4.78 is 10.6. The highest BCUT2D eigenvalue weighted by molar-refractivity contribution is 5.86. The van der Waals surface area contributed by atoms with Crippen LogP contribution in [-0.2, 0) is 15.0 Å². The maximum atomic E-state index is 12.2. The van der Waals surface area contributed by atoms with Gasteiger partial charge in [-0.3, -0.25) is 9.59 Å². The number of ether oxygens (including phenoxy) is 2. The van der Waals surface area contributed by atoms with Gasteiger partial charge >= 0.3 is 5.97 Å². The van der Waals surface area contributed by atoms with Gasteiger partial charge in [0, 0.05) is 12.0 Å². The molecule has 1 aliphatic carbocycles. The van der Waals surface area contributed by atoms with Gasteiger partial charge in [-0.25, -0.2) is 0 Å². The number of benzene rings is 1. The molecule has 1 fully saturated rings. The number of aliphatic carboxylic acids is 1. The Morgan fingerprint density at radius 3 is 2.29 bits per heavy atom. The van der Waals surface area contributed by atoms with Crippen LogP contribution in [0, 0.1) is 11.8 Å². The van der Waals surface area contributed by atoms with Crippen molar-refractivity contribution in [2.75, 3.05) is 20.8 Å². The lowest BCUT2D eigenvalue weighted by Crippen LogP contribution is -2.47. The first-order valence-corrected chi connectivity index (χ1v) is 8.03. The number of hydrogen-bond acceptors (Lipinski definition) is 4. The molecule has 24 heavy (non-hydrogen) atoms. The van der Waals surface area contributed by atoms with Gasteiger partial charge in [-0.05, 0) is 30.5 Å². The van der Waals surface area contributed by atoms with E-state index in [1.165, 1.54) is 0 Å². The topological polar surface area (TPSA) is 84.9 Å². The molecule has 1 saturated carbocycles. The SMILES string of the molecule is COc1ccc(C(C)(C)CNC(=O)C2CCC2C(=O)O)cc1OC. The molecular weight excluding hydrogens is 310 g/mol. The molecule has 0 aromatic heterocycles. The minimum Gasteiger partial charge on any atom is -0.493 e. The molecule has 2 rings (SSSR count). The largest absolute Gasteiger partial charge is 0.493 e. The first-order chi connectivity index (χ1) is 11.3. The van der Waals surface area contributed by atoms with E-state index in [2.05, 4.69) is 5.32 Å². The molecule has 0 radical (unpaired) electrons. The zero-order valence-corrected chi connectivity index (χ0v) is 14.6. The molecule has 2 N–H and O–H groups in total. The van der Waals surface area contributed by atoms with Crippen LogP contribution in [0.4, 0.5) is 0 Å². The van der Waals surface area contributed by atoms with Crippen LogP contribution < -0.4 is 14.8 Å². The summed E-state index contributed by atoms with van der Waals surface area (Å²) in [6, 6.07) is 5.68. The molecule has 6 heteroatoms. The van der Waals surface area contributed by atoms with Crippen LogP contribution in [0.2, 0.25) is 0 Å². The van der Waals surface area contributed by atoms with Crippen molar-refractivity contribution in [3.8, 4) is 11.5 Å². The third kappa shape index (κ3) is 3.63. The summed E-state index contributed by atoms with van der Waals surface area (Å²) in [6.45, 7) is 4.46. The second-order valence-electron chi connectivity index (χ2n) is 6.80. The fourth-order valence-corrected chi connectivity index (χ4v) is 2.91. The Kier molecular flexibility index (Phi) is 5.36. The highest BCUT2D eigenvalue weighted by Gasteiger charge is 2.41. The van der Waals surface area contributed by atoms with Crippen molar-refractivity contribution >= 4 is 11.9 Å². The lowest BCUT2D eigenvalue weighted by atomic mass is 9.73. The normalized spacial score (nSPS) is 20.0. The third-order valence-electron chi connectivity index (χ3n) is 4.80. The third-order valence-corrected chi connectivity index (χ3v) is 4.80. The predicted molar refractivity (Wildman–Crippen MR) is 89.4 cm³/mol. The maximum absolute atomic E-state index is 12.2. The van der Waals surface area contributed by atoms with E-state index in [1.807, 2.05) is 32.0 Å². The Bertz CT molecular complexity index is 626. The highest BCUT2D eigenvalue weighted by atomic mass is 16.5. The summed E-state index contributed by atoms with van der Waals surface area (Å²) in [5.74, 6) is -0.736. The van der Waals surface area contributed by atoms with Gasteiger partial charge in [0.05, 0.1) is 26.1 Å². The number of carbonyl (C=O) groups is 2. The van der Waals surface area contributed by atoms with Gasteiger partial charge in [0.15, 0.2) is 11.5 Å². The van der Waals surface area contributed by atoms with E-state index in [0.29, 0.717) is 30.9 Å². The molecule has 1 aromatic carbocycles. The molecule has 0 aliphatic heterocycles. The fraction of sp³-hybridized carbons (Fsp3) is 0.556. The van der Waals surface area contributed by atoms with E-state index in [9.17, 15) is 9.59 Å². The number of nitrogens with one attached hydrogen (secondary N) is 1. The van der Waals surface area contributed by atoms with Crippen LogP contribution in [0.25, 0.3) is 0 Å². The summed E-state index contributed by atoms with van der Waals surface area (Å²) in [7, 11) is 3.17. The molecular formula is C18H25NO5. The Labute approximate surface area is 142 Å². The summed E-state index contributed by atoms with van der Waals surface area (Å²) >= 11 is 0. The zero-order valence-electron chi connectivity index (χ0n) is 14.6. The predicted octanol–water partition coefficient (Wildman–Crippen LogP) is 2.21. The number of rotatable bonds is 7. The lowest BCUT2D eigenvalue weighted by molar-refractivity contribution is -0.152. The number of carboxylic acid groups (broad SMARTS) is 1. The van der Waals surface area contributed by atoms with E-state index < -0.39 is 17.8 Å². The highest BCUT2D eigenvalue weighted by Crippen LogP contribution is 2.35. The fourth-order valence-electron chi connectivity index (χ4n) is 2.91. The van der Waals surface area contributed by atoms with E-state index in [1.54, 1.807) is 14.2 Å². The minimum atomic E-state index is -0.888. The number of carbonyl (C=O) groups excluding carboxylic acids is 1. The first kappa shape index (κ1) is 18.1. The van der Waals surface area contributed by atoms with E-state index >= 15 is 0 Å². The minimum absolute atomic E-state index is 0.179. The Hall–Kier alpha value is -2.24. The average Bonchev–Trinajstić information content (AvgIpc) is 2.50. The Morgan fingerprint density at radius 2 is 1.79 bits per heavy atom. The molecule has 1 aromatic rings. The summed E-state index contributed by atoms with van der Waals surface area (Å²) in [5.41, 5.74) is 0.682. The van der Waals surface area contributed by atoms with Gasteiger partial charge in [0.25, 0.3) is 0 Å². The molecule has 2 unspecified atom stereocenters. The first-order valence-electron chi connectivity index (χ1n) is 8.03. The van der Waals surface area contributed by atoms with Gasteiger partial charge in [-0.2, -0.15) is 0 Å². The van der Waals surface area contributed by atoms with Crippen LogP contribution >= 0.6 is 0 Å². The molecule has 132 valence electrons. The smallest absolute Gasteiger partial charge is 0.307 e. The lowest BCUT2D eigenvalue weighted by Gasteiger charge is -2.33. The van der Waals surface area contributed by atoms with Gasteiger partial charge in [0.2, 0.25) is 5.91 Å². The number of hydrogen-bond donors (Lipinski definition) is 2. The van der Waals surface area contributed by atoms with Crippen LogP contribution in [0.5, 0.6) is 11.5 Å². The number of methoxy groups -OCH3 is 2. The van der Waals surface area contributed by atoms with Crippen molar-refractivity contribution in [3.05, 3.63) is 23.8 Å². The summed E-state index contributed by atoms with van der Waals surface area (Å²) in [4.78, 5) is 23.3. The van der Waals surface area contributed by atoms with Crippen LogP contribution in [0.15, 0.2) is 18.2 Å². The van der Waals surface area contributed by atoms with Crippen molar-refractivity contribution < 1.29 is 24.2 Å². The molecule has 1 amide bonds. The molecule has 0 saturated heterocycles. The van der Waals surface area contributed by atoms with E-state index in [-0.39, 0.29) is 11.3 Å². The van der Waals surface area contributed by atoms with Crippen molar-refractivity contribution in [1.82, 2.24) is 5.32 Å². The molecule has 6 nitrogen and oxygen atoms in total. The zero-order chi connectivity index (χ0) is 17.9. The van der Waals surface area contributed by atoms with Crippen LogP contribution in [0.1, 0.15) is 32.3 Å². The number of amides is 1. The quantitative estimate of drug-likeness (QED) is 0.798. The standard InChI is InChI=1S/C18H25NO5/c1-18(2,11-5-8-14(23-3)15(9-11)24-4)10-19-16(20)12-6-7-13(12)17(21)22/h5,8-9,12-13H,6-7,10H2,1-4H3,(H,19,20)(H,21,22). The van der Waals surface area contributed by atoms with Gasteiger partial charge < -0.3 is 19.9 Å². The van der Waals surface area contributed by atoms with Gasteiger partial charge in [-0.1, -0.05) is 19.9 Å². The van der Waals surface area contributed by atoms with E-state index in [0.717, 1.165) is 5.56 Å². The van der Waals surface area contributed by atoms with Gasteiger partial charge in [-0.15, -0.1) is 0 Å². The molecule has 0 spiro atoms. The molecule has 1 aliphatic rings. The molecule has 0 bridgehead atoms. The van der Waals surface area contributed by atoms with Gasteiger partial charge in [0.1, 0.15) is 0 Å². The Morgan fingerprint density at radius 1 is 1.17 bits per heavy atom. The molecule has 2 atom stereocenters. The van der Waals surface area contributed by atoms with Crippen molar-refractivity contribution in [2.45, 2.75) is 32.1 Å². The van der Waals surface area contributed by atoms with E-state index in [4.69, 9.17) is 14.6 Å². The van der Waals surface area contributed by atoms with Crippen molar-refractivity contribution in [3.63, 3.8) is 0 Å². The second-order valence-corrected chi connectivity index (χ2v) is 6.80. The van der Waals surface area contributed by atoms with Crippen LogP contribution in [0.3, 0.4) is 0 Å². The average molecular weight is 335 g/mol. The van der Waals surface area contributed by atoms with Crippen molar-refractivity contribution in [1.29, 1.82) is 0 Å². The molecule has 0 heterocycles. The maximum Gasteiger partial charge on any atom is 0.307 e. The Balaban J connectivity index is 2.03. The second kappa shape index (κ2) is 7.11. The van der Waals surface area contributed by atoms with Crippen LogP contribution in [-0.4, -0.2) is 37.7 Å². The van der Waals surface area contributed by atoms with Crippen molar-refractivity contribution in [2.24, 2.45) is 11.8 Å². The monoisotopic (exact) mass is 335 g/mol. The summed E-state index contributed by atoms with van der Waals surface area (Å²) in [6.07, 6.45) is 1.21. The number of carboxylic acids is 1.